The van der Waals surface area contributed by atoms with E-state index in [9.17, 15) is 0 Å². The van der Waals surface area contributed by atoms with Gasteiger partial charge >= 0.3 is 57.7 Å². The van der Waals surface area contributed by atoms with E-state index in [2.05, 4.69) is 16.7 Å². The number of imidazole rings is 1. The third kappa shape index (κ3) is 1.27. The number of aromatic nitrogens is 2. The zero-order valence-corrected chi connectivity index (χ0v) is 6.97. The van der Waals surface area contributed by atoms with Crippen LogP contribution in [0.2, 0.25) is 0 Å². The van der Waals surface area contributed by atoms with Gasteiger partial charge in [0.15, 0.2) is 0 Å². The fraction of sp³-hybridized carbons (Fsp3) is 0. The first-order valence-electron chi connectivity index (χ1n) is 2.04. The van der Waals surface area contributed by atoms with Gasteiger partial charge < -0.3 is 0 Å². The summed E-state index contributed by atoms with van der Waals surface area (Å²) in [5, 5.41) is 0. The first-order valence-corrected chi connectivity index (χ1v) is 3.74. The SMILES string of the molecule is [W]=[CH]Nn1[c-]ncc1. The van der Waals surface area contributed by atoms with Gasteiger partial charge in [0.1, 0.15) is 0 Å². The number of nitrogens with zero attached hydrogens (tertiary/aromatic N) is 2. The molecule has 0 unspecified atom stereocenters. The average Bonchev–Trinajstić information content (AvgIpc) is 2.19. The van der Waals surface area contributed by atoms with Gasteiger partial charge in [-0.15, -0.1) is 0 Å². The molecule has 4 heteroatoms. The topological polar surface area (TPSA) is 29.9 Å². The van der Waals surface area contributed by atoms with E-state index in [-0.39, 0.29) is 0 Å². The van der Waals surface area contributed by atoms with E-state index >= 15 is 0 Å². The van der Waals surface area contributed by atoms with Crippen molar-refractivity contribution in [1.82, 2.24) is 9.66 Å². The first-order chi connectivity index (χ1) is 3.93. The van der Waals surface area contributed by atoms with Crippen molar-refractivity contribution in [1.29, 1.82) is 0 Å². The molecular formula is C4H4N3W-. The van der Waals surface area contributed by atoms with Crippen LogP contribution in [0.25, 0.3) is 0 Å². The number of nitrogens with one attached hydrogen (secondary N) is 1. The fourth-order valence-corrected chi connectivity index (χ4v) is 0.766. The van der Waals surface area contributed by atoms with Crippen molar-refractivity contribution < 1.29 is 19.4 Å². The predicted molar refractivity (Wildman–Crippen MR) is 26.5 cm³/mol. The van der Waals surface area contributed by atoms with Crippen molar-refractivity contribution in [2.75, 3.05) is 5.43 Å². The zero-order chi connectivity index (χ0) is 5.82. The van der Waals surface area contributed by atoms with Gasteiger partial charge in [-0.25, -0.2) is 0 Å². The van der Waals surface area contributed by atoms with Crippen LogP contribution in [0.3, 0.4) is 0 Å². The number of hydrogen-bond donors (Lipinski definition) is 1. The second kappa shape index (κ2) is 2.77. The Morgan fingerprint density at radius 2 is 2.75 bits per heavy atom. The Labute approximate surface area is 58.1 Å². The van der Waals surface area contributed by atoms with Crippen LogP contribution in [0.5, 0.6) is 0 Å². The molecule has 1 N–H and O–H groups in total. The Hall–Kier alpha value is -0.432. The molecule has 0 bridgehead atoms. The van der Waals surface area contributed by atoms with Crippen LogP contribution in [0, 0.1) is 6.33 Å². The summed E-state index contributed by atoms with van der Waals surface area (Å²) in [6, 6.07) is 0. The molecule has 0 fully saturated rings. The van der Waals surface area contributed by atoms with Gasteiger partial charge in [-0.05, 0) is 0 Å². The third-order valence-corrected chi connectivity index (χ3v) is 1.03. The monoisotopic (exact) mass is 278 g/mol. The molecule has 0 saturated carbocycles. The van der Waals surface area contributed by atoms with E-state index < -0.39 is 0 Å². The van der Waals surface area contributed by atoms with Crippen molar-refractivity contribution >= 4 is 4.52 Å². The van der Waals surface area contributed by atoms with Gasteiger partial charge in [0, 0.05) is 0 Å². The van der Waals surface area contributed by atoms with Crippen LogP contribution in [-0.2, 0) is 19.4 Å². The summed E-state index contributed by atoms with van der Waals surface area (Å²) in [7, 11) is 0. The van der Waals surface area contributed by atoms with Gasteiger partial charge in [-0.1, -0.05) is 0 Å². The molecule has 0 spiro atoms. The summed E-state index contributed by atoms with van der Waals surface area (Å²) in [6.45, 7) is 0. The van der Waals surface area contributed by atoms with Crippen molar-refractivity contribution in [2.45, 2.75) is 0 Å². The fourth-order valence-electron chi connectivity index (χ4n) is 0.358. The molecule has 0 aliphatic rings. The third-order valence-electron chi connectivity index (χ3n) is 0.648. The molecule has 0 atom stereocenters. The molecule has 8 heavy (non-hydrogen) atoms. The Kier molecular flexibility index (Phi) is 1.98. The quantitative estimate of drug-likeness (QED) is 0.741. The minimum absolute atomic E-state index is 1.38. The molecule has 1 aromatic heterocycles. The Morgan fingerprint density at radius 3 is 3.25 bits per heavy atom. The summed E-state index contributed by atoms with van der Waals surface area (Å²) in [5.74, 6) is 0. The van der Waals surface area contributed by atoms with Crippen LogP contribution >= 0.6 is 0 Å². The molecule has 0 saturated heterocycles. The molecule has 0 amide bonds. The molecule has 1 rings (SSSR count). The minimum atomic E-state index is 1.38. The van der Waals surface area contributed by atoms with Gasteiger partial charge in [0.25, 0.3) is 0 Å². The molecule has 0 aliphatic carbocycles. The Morgan fingerprint density at radius 1 is 1.88 bits per heavy atom. The van der Waals surface area contributed by atoms with Crippen LogP contribution in [0.1, 0.15) is 0 Å². The second-order valence-corrected chi connectivity index (χ2v) is 1.99. The summed E-state index contributed by atoms with van der Waals surface area (Å²) in [6.07, 6.45) is 6.14. The maximum atomic E-state index is 3.71. The zero-order valence-electron chi connectivity index (χ0n) is 4.03. The standard InChI is InChI=1S/C4H4N3.W/c1-5-7-3-2-6-4-7;/h1-3,5H;/q-1;. The van der Waals surface area contributed by atoms with Gasteiger partial charge in [-0.2, -0.15) is 0 Å². The molecule has 3 nitrogen and oxygen atoms in total. The van der Waals surface area contributed by atoms with Gasteiger partial charge in [0.05, 0.1) is 0 Å². The van der Waals surface area contributed by atoms with E-state index in [1.54, 1.807) is 17.1 Å². The Bertz CT molecular complexity index is 158. The summed E-state index contributed by atoms with van der Waals surface area (Å²) >= 11 is 1.38. The van der Waals surface area contributed by atoms with E-state index in [0.717, 1.165) is 0 Å². The van der Waals surface area contributed by atoms with E-state index in [4.69, 9.17) is 0 Å². The molecular weight excluding hydrogens is 274 g/mol. The van der Waals surface area contributed by atoms with E-state index in [0.29, 0.717) is 0 Å². The van der Waals surface area contributed by atoms with Crippen molar-refractivity contribution in [3.8, 4) is 0 Å². The average molecular weight is 278 g/mol. The molecule has 0 aromatic carbocycles. The van der Waals surface area contributed by atoms with Crippen LogP contribution in [0.4, 0.5) is 0 Å². The summed E-state index contributed by atoms with van der Waals surface area (Å²) in [4.78, 5) is 3.71. The van der Waals surface area contributed by atoms with Crippen LogP contribution < -0.4 is 5.43 Å². The Balaban J connectivity index is 2.62. The number of rotatable bonds is 2. The summed E-state index contributed by atoms with van der Waals surface area (Å²) in [5.41, 5.74) is 2.90. The van der Waals surface area contributed by atoms with Gasteiger partial charge in [-0.3, -0.25) is 0 Å². The molecule has 1 heterocycles. The molecule has 0 aliphatic heterocycles. The van der Waals surface area contributed by atoms with Crippen molar-refractivity contribution in [3.05, 3.63) is 18.7 Å². The van der Waals surface area contributed by atoms with E-state index in [1.807, 2.05) is 4.52 Å². The molecule has 42 valence electrons. The second-order valence-electron chi connectivity index (χ2n) is 1.14. The predicted octanol–water partition coefficient (Wildman–Crippen LogP) is -0.467. The van der Waals surface area contributed by atoms with Gasteiger partial charge in [0.2, 0.25) is 0 Å². The normalized spacial score (nSPS) is 8.50. The van der Waals surface area contributed by atoms with Crippen LogP contribution in [-0.4, -0.2) is 14.2 Å². The molecule has 0 radical (unpaired) electrons. The van der Waals surface area contributed by atoms with E-state index in [1.165, 1.54) is 19.4 Å². The maximum absolute atomic E-state index is 3.71. The summed E-state index contributed by atoms with van der Waals surface area (Å²) < 4.78 is 3.55. The first kappa shape index (κ1) is 5.70. The van der Waals surface area contributed by atoms with Crippen molar-refractivity contribution in [3.63, 3.8) is 0 Å². The number of hydrogen-bond acceptors (Lipinski definition) is 2. The van der Waals surface area contributed by atoms with Crippen LogP contribution in [0.15, 0.2) is 12.4 Å². The molecule has 1 aromatic rings. The van der Waals surface area contributed by atoms with Crippen molar-refractivity contribution in [2.24, 2.45) is 0 Å².